The molecule has 0 amide bonds. The normalized spacial score (nSPS) is 14.8. The number of fused-ring (bicyclic) bond motifs is 1. The van der Waals surface area contributed by atoms with Gasteiger partial charge < -0.3 is 21.3 Å². The van der Waals surface area contributed by atoms with Crippen LogP contribution in [0.3, 0.4) is 0 Å². The molecular weight excluding hydrogens is 302 g/mol. The monoisotopic (exact) mass is 321 g/mol. The van der Waals surface area contributed by atoms with Crippen molar-refractivity contribution in [3.05, 3.63) is 42.6 Å². The molecule has 0 unspecified atom stereocenters. The number of para-hydroxylation sites is 1. The minimum atomic E-state index is 0.455. The molecule has 4 rings (SSSR count). The minimum Gasteiger partial charge on any atom is -0.383 e. The summed E-state index contributed by atoms with van der Waals surface area (Å²) in [5, 5.41) is 7.37. The topological polar surface area (TPSA) is 92.0 Å². The number of benzene rings is 1. The summed E-state index contributed by atoms with van der Waals surface area (Å²) in [5.41, 5.74) is 7.98. The van der Waals surface area contributed by atoms with Crippen LogP contribution < -0.4 is 21.3 Å². The SMILES string of the molecule is Nc1nc(Nc2cc(N3CCNCC3)ccn2)nc2ccccc12. The molecule has 3 aromatic rings. The molecule has 0 aliphatic carbocycles. The largest absolute Gasteiger partial charge is 0.383 e. The van der Waals surface area contributed by atoms with Crippen LogP contribution in [0.5, 0.6) is 0 Å². The molecule has 0 spiro atoms. The van der Waals surface area contributed by atoms with Gasteiger partial charge in [-0.3, -0.25) is 0 Å². The number of piperazine rings is 1. The van der Waals surface area contributed by atoms with Gasteiger partial charge in [-0.25, -0.2) is 9.97 Å². The maximum absolute atomic E-state index is 6.03. The lowest BCUT2D eigenvalue weighted by molar-refractivity contribution is 0.589. The lowest BCUT2D eigenvalue weighted by Gasteiger charge is -2.29. The highest BCUT2D eigenvalue weighted by molar-refractivity contribution is 5.89. The van der Waals surface area contributed by atoms with Crippen molar-refractivity contribution in [2.75, 3.05) is 42.1 Å². The van der Waals surface area contributed by atoms with Gasteiger partial charge in [0.05, 0.1) is 5.52 Å². The van der Waals surface area contributed by atoms with Gasteiger partial charge in [0.15, 0.2) is 0 Å². The molecule has 2 aromatic heterocycles. The highest BCUT2D eigenvalue weighted by Crippen LogP contribution is 2.23. The van der Waals surface area contributed by atoms with E-state index in [0.29, 0.717) is 17.6 Å². The van der Waals surface area contributed by atoms with Crippen LogP contribution in [0.25, 0.3) is 10.9 Å². The average Bonchev–Trinajstić information content (AvgIpc) is 2.63. The van der Waals surface area contributed by atoms with Gasteiger partial charge >= 0.3 is 0 Å². The first-order chi connectivity index (χ1) is 11.8. The first kappa shape index (κ1) is 14.6. The lowest BCUT2D eigenvalue weighted by atomic mass is 10.2. The van der Waals surface area contributed by atoms with Crippen molar-refractivity contribution in [1.82, 2.24) is 20.3 Å². The lowest BCUT2D eigenvalue weighted by Crippen LogP contribution is -2.43. The Morgan fingerprint density at radius 3 is 2.79 bits per heavy atom. The third-order valence-electron chi connectivity index (χ3n) is 4.10. The second-order valence-corrected chi connectivity index (χ2v) is 5.71. The maximum atomic E-state index is 6.03. The molecule has 7 nitrogen and oxygen atoms in total. The second kappa shape index (κ2) is 6.29. The Kier molecular flexibility index (Phi) is 3.84. The number of hydrogen-bond donors (Lipinski definition) is 3. The summed E-state index contributed by atoms with van der Waals surface area (Å²) < 4.78 is 0. The van der Waals surface area contributed by atoms with Crippen LogP contribution in [-0.4, -0.2) is 41.1 Å². The molecule has 1 aromatic carbocycles. The number of hydrogen-bond acceptors (Lipinski definition) is 7. The van der Waals surface area contributed by atoms with E-state index in [1.54, 1.807) is 6.20 Å². The van der Waals surface area contributed by atoms with Gasteiger partial charge in [-0.2, -0.15) is 4.98 Å². The van der Waals surface area contributed by atoms with E-state index in [2.05, 4.69) is 30.5 Å². The van der Waals surface area contributed by atoms with Gasteiger partial charge in [0, 0.05) is 49.5 Å². The Hall–Kier alpha value is -2.93. The smallest absolute Gasteiger partial charge is 0.230 e. The molecule has 0 bridgehead atoms. The van der Waals surface area contributed by atoms with Gasteiger partial charge in [0.2, 0.25) is 5.95 Å². The zero-order valence-corrected chi connectivity index (χ0v) is 13.2. The van der Waals surface area contributed by atoms with E-state index in [0.717, 1.165) is 42.8 Å². The van der Waals surface area contributed by atoms with Gasteiger partial charge in [-0.05, 0) is 18.2 Å². The standard InChI is InChI=1S/C17H19N7/c18-16-13-3-1-2-4-14(13)21-17(23-16)22-15-11-12(5-6-20-15)24-9-7-19-8-10-24/h1-6,11,19H,7-10H2,(H3,18,20,21,22,23). The van der Waals surface area contributed by atoms with Gasteiger partial charge in [0.1, 0.15) is 11.6 Å². The van der Waals surface area contributed by atoms with E-state index < -0.39 is 0 Å². The summed E-state index contributed by atoms with van der Waals surface area (Å²) in [7, 11) is 0. The predicted octanol–water partition coefficient (Wildman–Crippen LogP) is 1.76. The maximum Gasteiger partial charge on any atom is 0.230 e. The quantitative estimate of drug-likeness (QED) is 0.677. The Morgan fingerprint density at radius 2 is 1.92 bits per heavy atom. The van der Waals surface area contributed by atoms with Crippen LogP contribution in [0.15, 0.2) is 42.6 Å². The average molecular weight is 321 g/mol. The minimum absolute atomic E-state index is 0.455. The zero-order valence-electron chi connectivity index (χ0n) is 13.2. The first-order valence-electron chi connectivity index (χ1n) is 8.00. The fourth-order valence-electron chi connectivity index (χ4n) is 2.88. The fraction of sp³-hybridized carbons (Fsp3) is 0.235. The Balaban J connectivity index is 1.61. The molecule has 1 fully saturated rings. The molecule has 3 heterocycles. The van der Waals surface area contributed by atoms with Crippen LogP contribution >= 0.6 is 0 Å². The second-order valence-electron chi connectivity index (χ2n) is 5.71. The van der Waals surface area contributed by atoms with Gasteiger partial charge in [-0.1, -0.05) is 12.1 Å². The number of nitrogens with one attached hydrogen (secondary N) is 2. The Bertz CT molecular complexity index is 858. The fourth-order valence-corrected chi connectivity index (χ4v) is 2.88. The first-order valence-corrected chi connectivity index (χ1v) is 8.00. The number of anilines is 4. The third kappa shape index (κ3) is 2.93. The van der Waals surface area contributed by atoms with Crippen LogP contribution in [0, 0.1) is 0 Å². The number of nitrogen functional groups attached to an aromatic ring is 1. The molecule has 0 atom stereocenters. The van der Waals surface area contributed by atoms with Gasteiger partial charge in [0.25, 0.3) is 0 Å². The van der Waals surface area contributed by atoms with Crippen LogP contribution in [-0.2, 0) is 0 Å². The molecule has 1 aliphatic heterocycles. The molecule has 122 valence electrons. The summed E-state index contributed by atoms with van der Waals surface area (Å²) >= 11 is 0. The van der Waals surface area contributed by atoms with E-state index >= 15 is 0 Å². The summed E-state index contributed by atoms with van der Waals surface area (Å²) in [4.78, 5) is 15.5. The summed E-state index contributed by atoms with van der Waals surface area (Å²) in [6, 6.07) is 11.7. The Labute approximate surface area is 139 Å². The van der Waals surface area contributed by atoms with Crippen LogP contribution in [0.4, 0.5) is 23.3 Å². The van der Waals surface area contributed by atoms with Crippen molar-refractivity contribution < 1.29 is 0 Å². The van der Waals surface area contributed by atoms with E-state index in [9.17, 15) is 0 Å². The third-order valence-corrected chi connectivity index (χ3v) is 4.10. The van der Waals surface area contributed by atoms with E-state index in [1.165, 1.54) is 0 Å². The molecule has 1 aliphatic rings. The van der Waals surface area contributed by atoms with Gasteiger partial charge in [-0.15, -0.1) is 0 Å². The van der Waals surface area contributed by atoms with Crippen LogP contribution in [0.1, 0.15) is 0 Å². The number of rotatable bonds is 3. The van der Waals surface area contributed by atoms with E-state index in [4.69, 9.17) is 5.73 Å². The van der Waals surface area contributed by atoms with Crippen molar-refractivity contribution in [2.45, 2.75) is 0 Å². The predicted molar refractivity (Wildman–Crippen MR) is 96.6 cm³/mol. The molecule has 1 saturated heterocycles. The van der Waals surface area contributed by atoms with Crippen molar-refractivity contribution in [3.8, 4) is 0 Å². The molecule has 0 radical (unpaired) electrons. The molecule has 24 heavy (non-hydrogen) atoms. The Morgan fingerprint density at radius 1 is 1.08 bits per heavy atom. The summed E-state index contributed by atoms with van der Waals surface area (Å²) in [6.45, 7) is 3.97. The number of nitrogens with zero attached hydrogens (tertiary/aromatic N) is 4. The number of nitrogens with two attached hydrogens (primary N) is 1. The zero-order chi connectivity index (χ0) is 16.4. The number of pyridine rings is 1. The molecular formula is C17H19N7. The van der Waals surface area contributed by atoms with Crippen molar-refractivity contribution >= 4 is 34.2 Å². The highest BCUT2D eigenvalue weighted by Gasteiger charge is 2.12. The van der Waals surface area contributed by atoms with E-state index in [-0.39, 0.29) is 0 Å². The summed E-state index contributed by atoms with van der Waals surface area (Å²) in [5.74, 6) is 1.62. The summed E-state index contributed by atoms with van der Waals surface area (Å²) in [6.07, 6.45) is 1.80. The van der Waals surface area contributed by atoms with Crippen LogP contribution in [0.2, 0.25) is 0 Å². The molecule has 0 saturated carbocycles. The number of aromatic nitrogens is 3. The highest BCUT2D eigenvalue weighted by atomic mass is 15.2. The van der Waals surface area contributed by atoms with Crippen molar-refractivity contribution in [3.63, 3.8) is 0 Å². The van der Waals surface area contributed by atoms with Crippen molar-refractivity contribution in [1.29, 1.82) is 0 Å². The molecule has 4 N–H and O–H groups in total. The molecule has 7 heteroatoms. The van der Waals surface area contributed by atoms with Crippen molar-refractivity contribution in [2.24, 2.45) is 0 Å². The van der Waals surface area contributed by atoms with E-state index in [1.807, 2.05) is 36.4 Å².